The van der Waals surface area contributed by atoms with Crippen LogP contribution in [0.25, 0.3) is 10.8 Å². The number of likely N-dealkylation sites (tertiary alicyclic amines) is 1. The molecule has 0 unspecified atom stereocenters. The fourth-order valence-corrected chi connectivity index (χ4v) is 5.94. The molecule has 0 radical (unpaired) electrons. The van der Waals surface area contributed by atoms with Crippen molar-refractivity contribution in [2.45, 2.75) is 78.9 Å². The van der Waals surface area contributed by atoms with Gasteiger partial charge in [0.05, 0.1) is 23.7 Å². The van der Waals surface area contributed by atoms with Crippen LogP contribution in [-0.2, 0) is 16.1 Å². The summed E-state index contributed by atoms with van der Waals surface area (Å²) in [4.78, 5) is 14.6. The third-order valence-electron chi connectivity index (χ3n) is 7.85. The van der Waals surface area contributed by atoms with E-state index in [9.17, 15) is 4.79 Å². The van der Waals surface area contributed by atoms with Gasteiger partial charge >= 0.3 is 5.97 Å². The molecule has 1 saturated heterocycles. The molecule has 2 aromatic rings. The lowest BCUT2D eigenvalue weighted by molar-refractivity contribution is -0.149. The van der Waals surface area contributed by atoms with Crippen molar-refractivity contribution >= 4 is 28.3 Å². The number of esters is 1. The summed E-state index contributed by atoms with van der Waals surface area (Å²) in [5, 5.41) is 2.99. The van der Waals surface area contributed by atoms with Gasteiger partial charge in [0.25, 0.3) is 0 Å². The second kappa shape index (κ2) is 10.9. The summed E-state index contributed by atoms with van der Waals surface area (Å²) < 4.78 is 11.9. The summed E-state index contributed by atoms with van der Waals surface area (Å²) in [6, 6.07) is 10.4. The topological polar surface area (TPSA) is 38.8 Å². The highest BCUT2D eigenvalue weighted by atomic mass is 35.5. The highest BCUT2D eigenvalue weighted by Crippen LogP contribution is 2.41. The van der Waals surface area contributed by atoms with Crippen LogP contribution in [0.3, 0.4) is 0 Å². The van der Waals surface area contributed by atoms with Gasteiger partial charge in [-0.2, -0.15) is 0 Å². The normalized spacial score (nSPS) is 22.6. The zero-order valence-electron chi connectivity index (χ0n) is 21.2. The maximum absolute atomic E-state index is 12.2. The summed E-state index contributed by atoms with van der Waals surface area (Å²) in [5.41, 5.74) is 1.57. The van der Waals surface area contributed by atoms with Crippen molar-refractivity contribution in [3.8, 4) is 5.75 Å². The van der Waals surface area contributed by atoms with Crippen LogP contribution in [-0.4, -0.2) is 36.7 Å². The van der Waals surface area contributed by atoms with Gasteiger partial charge in [-0.3, -0.25) is 9.69 Å². The van der Waals surface area contributed by atoms with Crippen molar-refractivity contribution in [2.24, 2.45) is 17.3 Å². The first-order chi connectivity index (χ1) is 16.3. The van der Waals surface area contributed by atoms with E-state index in [0.717, 1.165) is 67.4 Å². The van der Waals surface area contributed by atoms with E-state index in [2.05, 4.69) is 43.9 Å². The number of carbonyl (C=O) groups is 1. The standard InChI is InChI=1S/C29H40ClNO3/c1-5-33-28(32)20-14-16-31(17-15-20)19-25-23-8-6-7-9-24(23)26(30)18-27(25)34-22-12-10-21(11-13-22)29(2,3)4/h6-9,18,20-22H,5,10-17,19H2,1-4H3. The van der Waals surface area contributed by atoms with Crippen molar-refractivity contribution in [1.82, 2.24) is 4.90 Å². The third-order valence-corrected chi connectivity index (χ3v) is 8.16. The number of benzene rings is 2. The van der Waals surface area contributed by atoms with Gasteiger partial charge in [0.15, 0.2) is 0 Å². The Hall–Kier alpha value is -1.78. The van der Waals surface area contributed by atoms with Crippen LogP contribution in [0, 0.1) is 17.3 Å². The molecule has 0 atom stereocenters. The van der Waals surface area contributed by atoms with E-state index in [0.29, 0.717) is 12.0 Å². The van der Waals surface area contributed by atoms with Crippen molar-refractivity contribution in [2.75, 3.05) is 19.7 Å². The zero-order chi connectivity index (χ0) is 24.3. The molecule has 1 heterocycles. The SMILES string of the molecule is CCOC(=O)C1CCN(Cc2c(OC3CCC(C(C)(C)C)CC3)cc(Cl)c3ccccc23)CC1. The number of hydrogen-bond donors (Lipinski definition) is 0. The van der Waals surface area contributed by atoms with Crippen molar-refractivity contribution in [1.29, 1.82) is 0 Å². The molecule has 4 rings (SSSR count). The Morgan fingerprint density at radius 3 is 2.29 bits per heavy atom. The molecule has 2 aromatic carbocycles. The molecule has 0 bridgehead atoms. The summed E-state index contributed by atoms with van der Waals surface area (Å²) in [5.74, 6) is 1.66. The molecule has 0 spiro atoms. The molecule has 186 valence electrons. The lowest BCUT2D eigenvalue weighted by Gasteiger charge is -2.37. The Labute approximate surface area is 209 Å². The molecule has 1 saturated carbocycles. The Bertz CT molecular complexity index is 983. The van der Waals surface area contributed by atoms with Crippen LogP contribution >= 0.6 is 11.6 Å². The zero-order valence-corrected chi connectivity index (χ0v) is 22.0. The first kappa shape index (κ1) is 25.3. The first-order valence-electron chi connectivity index (χ1n) is 13.0. The van der Waals surface area contributed by atoms with Crippen LogP contribution in [0.15, 0.2) is 30.3 Å². The molecule has 34 heavy (non-hydrogen) atoms. The number of carbonyl (C=O) groups excluding carboxylic acids is 1. The van der Waals surface area contributed by atoms with Gasteiger partial charge in [-0.05, 0) is 81.3 Å². The average Bonchev–Trinajstić information content (AvgIpc) is 2.82. The fraction of sp³-hybridized carbons (Fsp3) is 0.621. The van der Waals surface area contributed by atoms with Gasteiger partial charge in [-0.1, -0.05) is 56.6 Å². The highest BCUT2D eigenvalue weighted by Gasteiger charge is 2.31. The number of hydrogen-bond acceptors (Lipinski definition) is 4. The van der Waals surface area contributed by atoms with Gasteiger partial charge < -0.3 is 9.47 Å². The highest BCUT2D eigenvalue weighted by molar-refractivity contribution is 6.35. The molecule has 4 nitrogen and oxygen atoms in total. The molecular formula is C29H40ClNO3. The van der Waals surface area contributed by atoms with Gasteiger partial charge in [-0.15, -0.1) is 0 Å². The Morgan fingerprint density at radius 2 is 1.68 bits per heavy atom. The predicted molar refractivity (Wildman–Crippen MR) is 139 cm³/mol. The van der Waals surface area contributed by atoms with E-state index in [-0.39, 0.29) is 18.0 Å². The number of piperidine rings is 1. The Kier molecular flexibility index (Phi) is 8.09. The molecule has 2 aliphatic rings. The van der Waals surface area contributed by atoms with E-state index < -0.39 is 0 Å². The van der Waals surface area contributed by atoms with Gasteiger partial charge in [0, 0.05) is 17.5 Å². The second-order valence-electron chi connectivity index (χ2n) is 11.1. The number of nitrogens with zero attached hydrogens (tertiary/aromatic N) is 1. The quantitative estimate of drug-likeness (QED) is 0.404. The van der Waals surface area contributed by atoms with Gasteiger partial charge in [0.1, 0.15) is 5.75 Å². The minimum absolute atomic E-state index is 0.0203. The number of rotatable bonds is 6. The molecule has 0 aromatic heterocycles. The molecule has 2 fully saturated rings. The number of halogens is 1. The van der Waals surface area contributed by atoms with Crippen molar-refractivity contribution in [3.63, 3.8) is 0 Å². The summed E-state index contributed by atoms with van der Waals surface area (Å²) in [6.07, 6.45) is 6.55. The molecule has 1 aliphatic carbocycles. The minimum atomic E-state index is -0.0472. The van der Waals surface area contributed by atoms with Crippen LogP contribution < -0.4 is 4.74 Å². The smallest absolute Gasteiger partial charge is 0.309 e. The summed E-state index contributed by atoms with van der Waals surface area (Å²) in [6.45, 7) is 12.0. The first-order valence-corrected chi connectivity index (χ1v) is 13.4. The summed E-state index contributed by atoms with van der Waals surface area (Å²) in [7, 11) is 0. The van der Waals surface area contributed by atoms with E-state index in [1.54, 1.807) is 0 Å². The van der Waals surface area contributed by atoms with Crippen LogP contribution in [0.1, 0.15) is 71.8 Å². The van der Waals surface area contributed by atoms with Crippen LogP contribution in [0.4, 0.5) is 0 Å². The summed E-state index contributed by atoms with van der Waals surface area (Å²) >= 11 is 6.72. The monoisotopic (exact) mass is 485 g/mol. The number of fused-ring (bicyclic) bond motifs is 1. The molecule has 5 heteroatoms. The van der Waals surface area contributed by atoms with Gasteiger partial charge in [-0.25, -0.2) is 0 Å². The Morgan fingerprint density at radius 1 is 1.03 bits per heavy atom. The minimum Gasteiger partial charge on any atom is -0.490 e. The van der Waals surface area contributed by atoms with Crippen LogP contribution in [0.5, 0.6) is 5.75 Å². The molecule has 1 aliphatic heterocycles. The van der Waals surface area contributed by atoms with E-state index in [4.69, 9.17) is 21.1 Å². The van der Waals surface area contributed by atoms with Crippen molar-refractivity contribution in [3.05, 3.63) is 40.9 Å². The Balaban J connectivity index is 1.51. The molecular weight excluding hydrogens is 446 g/mol. The van der Waals surface area contributed by atoms with Crippen LogP contribution in [0.2, 0.25) is 5.02 Å². The maximum Gasteiger partial charge on any atom is 0.309 e. The second-order valence-corrected chi connectivity index (χ2v) is 11.5. The number of ether oxygens (including phenoxy) is 2. The third kappa shape index (κ3) is 5.88. The molecule has 0 amide bonds. The van der Waals surface area contributed by atoms with E-state index in [1.807, 2.05) is 19.1 Å². The largest absolute Gasteiger partial charge is 0.490 e. The fourth-order valence-electron chi connectivity index (χ4n) is 5.67. The van der Waals surface area contributed by atoms with Gasteiger partial charge in [0.2, 0.25) is 0 Å². The van der Waals surface area contributed by atoms with E-state index >= 15 is 0 Å². The lowest BCUT2D eigenvalue weighted by atomic mass is 9.72. The maximum atomic E-state index is 12.2. The molecule has 0 N–H and O–H groups in total. The lowest BCUT2D eigenvalue weighted by Crippen LogP contribution is -2.36. The van der Waals surface area contributed by atoms with Crippen molar-refractivity contribution < 1.29 is 14.3 Å². The van der Waals surface area contributed by atoms with E-state index in [1.165, 1.54) is 23.8 Å². The predicted octanol–water partition coefficient (Wildman–Crippen LogP) is 7.25. The average molecular weight is 486 g/mol.